The van der Waals surface area contributed by atoms with Crippen LogP contribution in [0.4, 0.5) is 4.39 Å². The number of hydrogen-bond donors (Lipinski definition) is 3. The maximum absolute atomic E-state index is 12.7. The number of amides is 1. The Labute approximate surface area is 123 Å². The van der Waals surface area contributed by atoms with Gasteiger partial charge in [-0.3, -0.25) is 14.9 Å². The first-order valence-corrected chi connectivity index (χ1v) is 6.85. The largest absolute Gasteiger partial charge is 0.480 e. The van der Waals surface area contributed by atoms with Crippen LogP contribution in [-0.2, 0) is 16.1 Å². The van der Waals surface area contributed by atoms with E-state index in [0.717, 1.165) is 5.56 Å². The number of carboxylic acid groups (broad SMARTS) is 1. The Bertz CT molecular complexity index is 474. The van der Waals surface area contributed by atoms with Crippen molar-refractivity contribution < 1.29 is 19.1 Å². The van der Waals surface area contributed by atoms with Gasteiger partial charge in [0, 0.05) is 6.54 Å². The van der Waals surface area contributed by atoms with Crippen molar-refractivity contribution in [1.82, 2.24) is 10.6 Å². The Kier molecular flexibility index (Phi) is 6.81. The number of carbonyl (C=O) groups is 2. The zero-order chi connectivity index (χ0) is 15.8. The van der Waals surface area contributed by atoms with E-state index in [1.807, 2.05) is 13.8 Å². The summed E-state index contributed by atoms with van der Waals surface area (Å²) in [5, 5.41) is 14.4. The van der Waals surface area contributed by atoms with Crippen LogP contribution in [-0.4, -0.2) is 29.6 Å². The zero-order valence-electron chi connectivity index (χ0n) is 12.2. The molecule has 0 heterocycles. The van der Waals surface area contributed by atoms with Gasteiger partial charge in [0.25, 0.3) is 0 Å². The minimum absolute atomic E-state index is 0.0646. The van der Waals surface area contributed by atoms with Crippen molar-refractivity contribution in [2.75, 3.05) is 6.54 Å². The summed E-state index contributed by atoms with van der Waals surface area (Å²) in [7, 11) is 0. The van der Waals surface area contributed by atoms with Crippen molar-refractivity contribution in [3.63, 3.8) is 0 Å². The van der Waals surface area contributed by atoms with Crippen molar-refractivity contribution in [2.24, 2.45) is 5.92 Å². The molecular weight excluding hydrogens is 275 g/mol. The normalized spacial score (nSPS) is 12.2. The predicted octanol–water partition coefficient (Wildman–Crippen LogP) is 1.53. The molecule has 1 aromatic rings. The number of carboxylic acids is 1. The van der Waals surface area contributed by atoms with Gasteiger partial charge >= 0.3 is 5.97 Å². The highest BCUT2D eigenvalue weighted by Gasteiger charge is 2.18. The molecule has 1 atom stereocenters. The SMILES string of the molecule is CC(C)CC(NCC(=O)NCc1ccc(F)cc1)C(=O)O. The number of hydrogen-bond acceptors (Lipinski definition) is 3. The van der Waals surface area contributed by atoms with Crippen molar-refractivity contribution in [1.29, 1.82) is 0 Å². The average Bonchev–Trinajstić information content (AvgIpc) is 2.42. The zero-order valence-corrected chi connectivity index (χ0v) is 12.2. The van der Waals surface area contributed by atoms with Crippen LogP contribution in [0.15, 0.2) is 24.3 Å². The molecule has 0 spiro atoms. The van der Waals surface area contributed by atoms with E-state index >= 15 is 0 Å². The first kappa shape index (κ1) is 17.1. The van der Waals surface area contributed by atoms with Crippen LogP contribution in [0.5, 0.6) is 0 Å². The number of nitrogens with one attached hydrogen (secondary N) is 2. The molecule has 0 saturated heterocycles. The van der Waals surface area contributed by atoms with E-state index in [2.05, 4.69) is 10.6 Å². The van der Waals surface area contributed by atoms with Gasteiger partial charge in [-0.2, -0.15) is 0 Å². The topological polar surface area (TPSA) is 78.4 Å². The van der Waals surface area contributed by atoms with Crippen LogP contribution < -0.4 is 10.6 Å². The molecule has 0 aromatic heterocycles. The van der Waals surface area contributed by atoms with E-state index in [1.165, 1.54) is 12.1 Å². The number of halogens is 1. The Morgan fingerprint density at radius 2 is 1.86 bits per heavy atom. The molecule has 6 heteroatoms. The fourth-order valence-electron chi connectivity index (χ4n) is 1.82. The third-order valence-corrected chi connectivity index (χ3v) is 2.92. The van der Waals surface area contributed by atoms with Crippen molar-refractivity contribution in [2.45, 2.75) is 32.9 Å². The molecule has 0 radical (unpaired) electrons. The summed E-state index contributed by atoms with van der Waals surface area (Å²) in [5.41, 5.74) is 0.779. The molecule has 3 N–H and O–H groups in total. The van der Waals surface area contributed by atoms with Gasteiger partial charge in [-0.15, -0.1) is 0 Å². The lowest BCUT2D eigenvalue weighted by molar-refractivity contribution is -0.140. The molecule has 0 aliphatic rings. The van der Waals surface area contributed by atoms with Gasteiger partial charge in [0.15, 0.2) is 0 Å². The second-order valence-electron chi connectivity index (χ2n) is 5.30. The van der Waals surface area contributed by atoms with Gasteiger partial charge in [0.05, 0.1) is 6.54 Å². The number of aliphatic carboxylic acids is 1. The smallest absolute Gasteiger partial charge is 0.320 e. The number of benzene rings is 1. The van der Waals surface area contributed by atoms with Crippen molar-refractivity contribution in [3.05, 3.63) is 35.6 Å². The van der Waals surface area contributed by atoms with Crippen LogP contribution in [0.1, 0.15) is 25.8 Å². The van der Waals surface area contributed by atoms with Gasteiger partial charge in [0.2, 0.25) is 5.91 Å². The standard InChI is InChI=1S/C15H21FN2O3/c1-10(2)7-13(15(20)21)17-9-14(19)18-8-11-3-5-12(16)6-4-11/h3-6,10,13,17H,7-9H2,1-2H3,(H,18,19)(H,20,21). The van der Waals surface area contributed by atoms with Gasteiger partial charge in [-0.1, -0.05) is 26.0 Å². The van der Waals surface area contributed by atoms with Crippen LogP contribution in [0.25, 0.3) is 0 Å². The third-order valence-electron chi connectivity index (χ3n) is 2.92. The summed E-state index contributed by atoms with van der Waals surface area (Å²) < 4.78 is 12.7. The first-order chi connectivity index (χ1) is 9.88. The molecule has 1 unspecified atom stereocenters. The lowest BCUT2D eigenvalue weighted by Gasteiger charge is -2.16. The van der Waals surface area contributed by atoms with Crippen LogP contribution in [0.2, 0.25) is 0 Å². The second kappa shape index (κ2) is 8.36. The summed E-state index contributed by atoms with van der Waals surface area (Å²) in [6.45, 7) is 4.06. The fraction of sp³-hybridized carbons (Fsp3) is 0.467. The summed E-state index contributed by atoms with van der Waals surface area (Å²) in [4.78, 5) is 22.7. The minimum atomic E-state index is -0.963. The molecule has 5 nitrogen and oxygen atoms in total. The molecule has 0 fully saturated rings. The van der Waals surface area contributed by atoms with E-state index in [0.29, 0.717) is 6.42 Å². The van der Waals surface area contributed by atoms with Gasteiger partial charge in [0.1, 0.15) is 11.9 Å². The minimum Gasteiger partial charge on any atom is -0.480 e. The molecule has 0 aliphatic heterocycles. The maximum atomic E-state index is 12.7. The molecule has 1 amide bonds. The highest BCUT2D eigenvalue weighted by Crippen LogP contribution is 2.05. The first-order valence-electron chi connectivity index (χ1n) is 6.85. The summed E-state index contributed by atoms with van der Waals surface area (Å²) in [5.74, 6) is -1.37. The molecule has 1 aromatic carbocycles. The number of rotatable bonds is 8. The van der Waals surface area contributed by atoms with Crippen LogP contribution in [0.3, 0.4) is 0 Å². The highest BCUT2D eigenvalue weighted by molar-refractivity contribution is 5.79. The summed E-state index contributed by atoms with van der Waals surface area (Å²) >= 11 is 0. The van der Waals surface area contributed by atoms with E-state index < -0.39 is 12.0 Å². The quantitative estimate of drug-likeness (QED) is 0.680. The molecular formula is C15H21FN2O3. The van der Waals surface area contributed by atoms with Gasteiger partial charge in [-0.25, -0.2) is 4.39 Å². The molecule has 0 bridgehead atoms. The van der Waals surface area contributed by atoms with Gasteiger partial charge in [-0.05, 0) is 30.0 Å². The lowest BCUT2D eigenvalue weighted by Crippen LogP contribution is -2.43. The van der Waals surface area contributed by atoms with Crippen molar-refractivity contribution in [3.8, 4) is 0 Å². The van der Waals surface area contributed by atoms with Gasteiger partial charge < -0.3 is 10.4 Å². The van der Waals surface area contributed by atoms with E-state index in [-0.39, 0.29) is 30.7 Å². The Hall–Kier alpha value is -1.95. The molecule has 1 rings (SSSR count). The molecule has 0 saturated carbocycles. The summed E-state index contributed by atoms with van der Waals surface area (Å²) in [6.07, 6.45) is 0.459. The molecule has 0 aliphatic carbocycles. The van der Waals surface area contributed by atoms with Crippen molar-refractivity contribution >= 4 is 11.9 Å². The highest BCUT2D eigenvalue weighted by atomic mass is 19.1. The van der Waals surface area contributed by atoms with Crippen LogP contribution in [0, 0.1) is 11.7 Å². The Balaban J connectivity index is 2.35. The monoisotopic (exact) mass is 296 g/mol. The molecule has 21 heavy (non-hydrogen) atoms. The fourth-order valence-corrected chi connectivity index (χ4v) is 1.82. The average molecular weight is 296 g/mol. The van der Waals surface area contributed by atoms with E-state index in [9.17, 15) is 14.0 Å². The van der Waals surface area contributed by atoms with E-state index in [4.69, 9.17) is 5.11 Å². The maximum Gasteiger partial charge on any atom is 0.320 e. The Morgan fingerprint density at radius 1 is 1.24 bits per heavy atom. The predicted molar refractivity (Wildman–Crippen MR) is 77.1 cm³/mol. The number of carbonyl (C=O) groups excluding carboxylic acids is 1. The summed E-state index contributed by atoms with van der Waals surface area (Å²) in [6, 6.07) is 5.08. The lowest BCUT2D eigenvalue weighted by atomic mass is 10.0. The molecule has 116 valence electrons. The second-order valence-corrected chi connectivity index (χ2v) is 5.30. The van der Waals surface area contributed by atoms with Crippen LogP contribution >= 0.6 is 0 Å². The third kappa shape index (κ3) is 6.85. The Morgan fingerprint density at radius 3 is 2.38 bits per heavy atom. The van der Waals surface area contributed by atoms with E-state index in [1.54, 1.807) is 12.1 Å².